The second-order valence-corrected chi connectivity index (χ2v) is 1.22. The van der Waals surface area contributed by atoms with Crippen LogP contribution in [-0.4, -0.2) is 60.7 Å². The van der Waals surface area contributed by atoms with E-state index in [2.05, 4.69) is 0 Å². The Balaban J connectivity index is -0.0000000800. The van der Waals surface area contributed by atoms with Gasteiger partial charge in [0, 0.05) is 48.1 Å². The summed E-state index contributed by atoms with van der Waals surface area (Å²) in [6.07, 6.45) is 0. The first-order chi connectivity index (χ1) is 2.00. The molecule has 0 spiro atoms. The summed E-state index contributed by atoms with van der Waals surface area (Å²) in [6, 6.07) is 0. The second-order valence-electron chi connectivity index (χ2n) is 0.408. The maximum absolute atomic E-state index is 8.52. The van der Waals surface area contributed by atoms with Gasteiger partial charge in [-0.3, -0.25) is 8.42 Å². The van der Waals surface area contributed by atoms with Gasteiger partial charge in [-0.15, -0.1) is 0 Å². The molecule has 7 heavy (non-hydrogen) atoms. The molecule has 0 aliphatic rings. The fraction of sp³-hybridized carbons (Fsp3) is 0. The molecule has 0 heterocycles. The Hall–Kier alpha value is 1.09. The minimum Gasteiger partial charge on any atom is -0.759 e. The van der Waals surface area contributed by atoms with Crippen LogP contribution >= 0.6 is 0 Å². The van der Waals surface area contributed by atoms with Crippen molar-refractivity contribution in [3.63, 3.8) is 0 Å². The van der Waals surface area contributed by atoms with Gasteiger partial charge in [0.15, 0.2) is 0 Å². The van der Waals surface area contributed by atoms with Crippen LogP contribution < -0.4 is 0 Å². The molecule has 0 aliphatic heterocycles. The Morgan fingerprint density at radius 3 is 1.14 bits per heavy atom. The van der Waals surface area contributed by atoms with E-state index in [-0.39, 0.29) is 43.2 Å². The standard InChI is InChI=1S/Ca.H2O4S.H2O/c;1-5(2,3)4;/h;(H2,1,2,3,4);1H2/p-2. The third-order valence-corrected chi connectivity index (χ3v) is 0. The molecular formula is H2CaO5S-2. The van der Waals surface area contributed by atoms with Crippen molar-refractivity contribution in [1.29, 1.82) is 0 Å². The summed E-state index contributed by atoms with van der Waals surface area (Å²) in [6.45, 7) is 0. The maximum atomic E-state index is 8.52. The summed E-state index contributed by atoms with van der Waals surface area (Å²) in [7, 11) is -5.17. The van der Waals surface area contributed by atoms with Crippen LogP contribution in [-0.2, 0) is 10.4 Å². The van der Waals surface area contributed by atoms with Gasteiger partial charge in [-0.25, -0.2) is 0 Å². The van der Waals surface area contributed by atoms with E-state index in [1.165, 1.54) is 0 Å². The summed E-state index contributed by atoms with van der Waals surface area (Å²) in [5, 5.41) is 0. The van der Waals surface area contributed by atoms with Gasteiger partial charge in [-0.1, -0.05) is 0 Å². The van der Waals surface area contributed by atoms with Crippen molar-refractivity contribution in [3.05, 3.63) is 0 Å². The summed E-state index contributed by atoms with van der Waals surface area (Å²) in [5.74, 6) is 0. The van der Waals surface area contributed by atoms with Crippen molar-refractivity contribution < 1.29 is 23.0 Å². The van der Waals surface area contributed by atoms with Crippen LogP contribution in [0.1, 0.15) is 0 Å². The van der Waals surface area contributed by atoms with Gasteiger partial charge in [-0.2, -0.15) is 0 Å². The molecule has 0 amide bonds. The molecule has 2 radical (unpaired) electrons. The van der Waals surface area contributed by atoms with E-state index in [4.69, 9.17) is 17.5 Å². The predicted molar refractivity (Wildman–Crippen MR) is 19.8 cm³/mol. The number of rotatable bonds is 0. The average Bonchev–Trinajstić information content (AvgIpc) is 0.722. The Morgan fingerprint density at radius 1 is 1.14 bits per heavy atom. The minimum atomic E-state index is -5.17. The number of hydrogen-bond acceptors (Lipinski definition) is 4. The van der Waals surface area contributed by atoms with E-state index in [1.807, 2.05) is 0 Å². The molecule has 0 aromatic rings. The Morgan fingerprint density at radius 2 is 1.14 bits per heavy atom. The van der Waals surface area contributed by atoms with Crippen molar-refractivity contribution in [3.8, 4) is 0 Å². The summed E-state index contributed by atoms with van der Waals surface area (Å²) in [5.41, 5.74) is 0. The third-order valence-electron chi connectivity index (χ3n) is 0. The van der Waals surface area contributed by atoms with E-state index >= 15 is 0 Å². The van der Waals surface area contributed by atoms with Crippen molar-refractivity contribution in [2.24, 2.45) is 0 Å². The van der Waals surface area contributed by atoms with Gasteiger partial charge in [0.05, 0.1) is 0 Å². The molecule has 0 aromatic carbocycles. The van der Waals surface area contributed by atoms with Gasteiger partial charge in [0.1, 0.15) is 0 Å². The van der Waals surface area contributed by atoms with Gasteiger partial charge < -0.3 is 14.6 Å². The zero-order valence-corrected chi connectivity index (χ0v) is 6.27. The van der Waals surface area contributed by atoms with E-state index < -0.39 is 10.4 Å². The molecule has 0 unspecified atom stereocenters. The minimum absolute atomic E-state index is 0. The fourth-order valence-electron chi connectivity index (χ4n) is 0. The Labute approximate surface area is 70.6 Å². The molecule has 0 aromatic heterocycles. The maximum Gasteiger partial charge on any atom is 0.0311 e. The van der Waals surface area contributed by atoms with Crippen LogP contribution in [0.25, 0.3) is 0 Å². The average molecular weight is 154 g/mol. The van der Waals surface area contributed by atoms with Crippen molar-refractivity contribution in [2.75, 3.05) is 0 Å². The first-order valence-electron chi connectivity index (χ1n) is 0.667. The molecule has 0 atom stereocenters. The molecule has 0 saturated carbocycles. The van der Waals surface area contributed by atoms with Crippen LogP contribution in [0.15, 0.2) is 0 Å². The van der Waals surface area contributed by atoms with E-state index in [9.17, 15) is 0 Å². The Kier molecular flexibility index (Phi) is 11.7. The normalized spacial score (nSPS) is 8.29. The first kappa shape index (κ1) is 15.7. The predicted octanol–water partition coefficient (Wildman–Crippen LogP) is -2.54. The van der Waals surface area contributed by atoms with Gasteiger partial charge in [-0.05, 0) is 0 Å². The fourth-order valence-corrected chi connectivity index (χ4v) is 0. The molecule has 0 aliphatic carbocycles. The smallest absolute Gasteiger partial charge is 0.0311 e. The zero-order chi connectivity index (χ0) is 4.50. The molecule has 0 rings (SSSR count). The van der Waals surface area contributed by atoms with E-state index in [0.29, 0.717) is 0 Å². The van der Waals surface area contributed by atoms with Crippen molar-refractivity contribution >= 4 is 48.1 Å². The molecule has 7 heteroatoms. The molecule has 0 fully saturated rings. The van der Waals surface area contributed by atoms with Crippen molar-refractivity contribution in [1.82, 2.24) is 0 Å². The van der Waals surface area contributed by atoms with Crippen LogP contribution in [0.5, 0.6) is 0 Å². The molecule has 2 N–H and O–H groups in total. The largest absolute Gasteiger partial charge is 0.759 e. The second kappa shape index (κ2) is 5.23. The number of hydrogen-bond donors (Lipinski definition) is 0. The molecular weight excluding hydrogens is 152 g/mol. The van der Waals surface area contributed by atoms with E-state index in [0.717, 1.165) is 0 Å². The molecule has 0 bridgehead atoms. The van der Waals surface area contributed by atoms with Gasteiger partial charge in [0.2, 0.25) is 0 Å². The molecule has 0 saturated heterocycles. The summed E-state index contributed by atoms with van der Waals surface area (Å²) >= 11 is 0. The summed E-state index contributed by atoms with van der Waals surface area (Å²) < 4.78 is 34.1. The molecule has 42 valence electrons. The SMILES string of the molecule is O.O=S(=O)([O-])[O-].[Ca]. The summed E-state index contributed by atoms with van der Waals surface area (Å²) in [4.78, 5) is 0. The topological polar surface area (TPSA) is 112 Å². The van der Waals surface area contributed by atoms with Crippen molar-refractivity contribution in [2.45, 2.75) is 0 Å². The van der Waals surface area contributed by atoms with Gasteiger partial charge >= 0.3 is 0 Å². The van der Waals surface area contributed by atoms with Gasteiger partial charge in [0.25, 0.3) is 0 Å². The zero-order valence-electron chi connectivity index (χ0n) is 3.25. The first-order valence-corrected chi connectivity index (χ1v) is 2.00. The van der Waals surface area contributed by atoms with E-state index in [1.54, 1.807) is 0 Å². The van der Waals surface area contributed by atoms with Crippen LogP contribution in [0.2, 0.25) is 0 Å². The van der Waals surface area contributed by atoms with Crippen LogP contribution in [0, 0.1) is 0 Å². The quantitative estimate of drug-likeness (QED) is 0.217. The monoisotopic (exact) mass is 154 g/mol. The third kappa shape index (κ3) is 155. The van der Waals surface area contributed by atoms with Crippen LogP contribution in [0.3, 0.4) is 0 Å². The molecule has 5 nitrogen and oxygen atoms in total. The van der Waals surface area contributed by atoms with Crippen LogP contribution in [0.4, 0.5) is 0 Å². The Bertz CT molecular complexity index is 91.2.